The average molecular weight is 215 g/mol. The summed E-state index contributed by atoms with van der Waals surface area (Å²) in [6.45, 7) is 0. The Morgan fingerprint density at radius 2 is 2.07 bits per heavy atom. The fourth-order valence-electron chi connectivity index (χ4n) is 0.909. The minimum atomic E-state index is -0.840. The average Bonchev–Trinajstić information content (AvgIpc) is 2.19. The second-order valence-electron chi connectivity index (χ2n) is 2.80. The zero-order valence-electron chi connectivity index (χ0n) is 7.52. The van der Waals surface area contributed by atoms with Crippen LogP contribution in [0.5, 0.6) is 5.75 Å². The van der Waals surface area contributed by atoms with Gasteiger partial charge in [0, 0.05) is 5.88 Å². The minimum Gasteiger partial charge on any atom is -0.426 e. The summed E-state index contributed by atoms with van der Waals surface area (Å²) in [5.74, 6) is 0.0211. The normalized spacial score (nSPS) is 12.1. The third kappa shape index (κ3) is 3.77. The molecule has 0 radical (unpaired) electrons. The number of esters is 1. The van der Waals surface area contributed by atoms with Crippen LogP contribution < -0.4 is 4.74 Å². The van der Waals surface area contributed by atoms with Gasteiger partial charge in [0.1, 0.15) is 5.75 Å². The summed E-state index contributed by atoms with van der Waals surface area (Å²) >= 11 is 5.34. The number of carbonyl (C=O) groups excluding carboxylic acids is 1. The highest BCUT2D eigenvalue weighted by Gasteiger charge is 2.11. The number of aliphatic hydroxyl groups excluding tert-OH is 1. The highest BCUT2D eigenvalue weighted by Crippen LogP contribution is 2.09. The van der Waals surface area contributed by atoms with E-state index in [-0.39, 0.29) is 12.3 Å². The molecule has 76 valence electrons. The van der Waals surface area contributed by atoms with E-state index in [2.05, 4.69) is 0 Å². The van der Waals surface area contributed by atoms with Crippen molar-refractivity contribution in [1.29, 1.82) is 0 Å². The van der Waals surface area contributed by atoms with Crippen LogP contribution in [0.25, 0.3) is 0 Å². The van der Waals surface area contributed by atoms with Gasteiger partial charge in [-0.1, -0.05) is 18.2 Å². The van der Waals surface area contributed by atoms with Gasteiger partial charge in [-0.05, 0) is 12.1 Å². The molecule has 0 heterocycles. The molecule has 1 aromatic carbocycles. The van der Waals surface area contributed by atoms with E-state index in [1.165, 1.54) is 0 Å². The molecule has 0 saturated heterocycles. The molecule has 0 saturated carbocycles. The molecular weight excluding hydrogens is 204 g/mol. The molecule has 1 rings (SSSR count). The lowest BCUT2D eigenvalue weighted by molar-refractivity contribution is -0.136. The topological polar surface area (TPSA) is 46.5 Å². The predicted octanol–water partition coefficient (Wildman–Crippen LogP) is 1.58. The van der Waals surface area contributed by atoms with Gasteiger partial charge in [0.2, 0.25) is 0 Å². The molecule has 1 N–H and O–H groups in total. The summed E-state index contributed by atoms with van der Waals surface area (Å²) in [7, 11) is 0. The van der Waals surface area contributed by atoms with Crippen LogP contribution in [-0.4, -0.2) is 23.1 Å². The smallest absolute Gasteiger partial charge is 0.313 e. The molecule has 0 spiro atoms. The molecule has 1 atom stereocenters. The molecule has 3 nitrogen and oxygen atoms in total. The molecule has 0 amide bonds. The Kier molecular flexibility index (Phi) is 4.43. The van der Waals surface area contributed by atoms with E-state index in [1.54, 1.807) is 24.3 Å². The number of para-hydroxylation sites is 1. The van der Waals surface area contributed by atoms with Crippen LogP contribution in [0.3, 0.4) is 0 Å². The van der Waals surface area contributed by atoms with E-state index >= 15 is 0 Å². The Balaban J connectivity index is 2.42. The second kappa shape index (κ2) is 5.62. The van der Waals surface area contributed by atoms with E-state index in [0.29, 0.717) is 5.75 Å². The van der Waals surface area contributed by atoms with E-state index in [0.717, 1.165) is 0 Å². The number of carbonyl (C=O) groups is 1. The van der Waals surface area contributed by atoms with Crippen LogP contribution in [0.15, 0.2) is 30.3 Å². The van der Waals surface area contributed by atoms with E-state index < -0.39 is 12.1 Å². The van der Waals surface area contributed by atoms with Crippen LogP contribution in [0.1, 0.15) is 6.42 Å². The van der Waals surface area contributed by atoms with Gasteiger partial charge < -0.3 is 9.84 Å². The molecular formula is C10H11ClO3. The van der Waals surface area contributed by atoms with E-state index in [1.807, 2.05) is 6.07 Å². The molecule has 14 heavy (non-hydrogen) atoms. The summed E-state index contributed by atoms with van der Waals surface area (Å²) < 4.78 is 4.93. The van der Waals surface area contributed by atoms with Gasteiger partial charge in [-0.2, -0.15) is 0 Å². The van der Waals surface area contributed by atoms with Gasteiger partial charge >= 0.3 is 5.97 Å². The maximum atomic E-state index is 11.1. The summed E-state index contributed by atoms with van der Waals surface area (Å²) in [5.41, 5.74) is 0. The van der Waals surface area contributed by atoms with Crippen LogP contribution in [0.4, 0.5) is 0 Å². The lowest BCUT2D eigenvalue weighted by Crippen LogP contribution is -2.18. The minimum absolute atomic E-state index is 0.0316. The first kappa shape index (κ1) is 11.0. The molecule has 1 unspecified atom stereocenters. The number of hydrogen-bond acceptors (Lipinski definition) is 3. The molecule has 0 aliphatic heterocycles. The van der Waals surface area contributed by atoms with Crippen LogP contribution >= 0.6 is 11.6 Å². The summed E-state index contributed by atoms with van der Waals surface area (Å²) in [6.07, 6.45) is -0.925. The fourth-order valence-corrected chi connectivity index (χ4v) is 1.02. The van der Waals surface area contributed by atoms with E-state index in [4.69, 9.17) is 21.4 Å². The van der Waals surface area contributed by atoms with Crippen molar-refractivity contribution in [2.24, 2.45) is 0 Å². The molecule has 0 aromatic heterocycles. The van der Waals surface area contributed by atoms with E-state index in [9.17, 15) is 4.79 Å². The molecule has 1 aromatic rings. The fraction of sp³-hybridized carbons (Fsp3) is 0.300. The van der Waals surface area contributed by atoms with Gasteiger partial charge in [-0.25, -0.2) is 0 Å². The van der Waals surface area contributed by atoms with Gasteiger partial charge in [-0.3, -0.25) is 4.79 Å². The Morgan fingerprint density at radius 3 is 2.64 bits per heavy atom. The first-order valence-corrected chi connectivity index (χ1v) is 4.75. The Hall–Kier alpha value is -1.06. The highest BCUT2D eigenvalue weighted by atomic mass is 35.5. The molecule has 0 fully saturated rings. The second-order valence-corrected chi connectivity index (χ2v) is 3.11. The van der Waals surface area contributed by atoms with Gasteiger partial charge in [0.05, 0.1) is 12.5 Å². The van der Waals surface area contributed by atoms with Crippen LogP contribution in [0.2, 0.25) is 0 Å². The third-order valence-electron chi connectivity index (χ3n) is 1.56. The molecule has 0 bridgehead atoms. The van der Waals surface area contributed by atoms with Crippen molar-refractivity contribution in [3.05, 3.63) is 30.3 Å². The predicted molar refractivity (Wildman–Crippen MR) is 53.4 cm³/mol. The van der Waals surface area contributed by atoms with Crippen molar-refractivity contribution < 1.29 is 14.6 Å². The summed E-state index contributed by atoms with van der Waals surface area (Å²) in [6, 6.07) is 8.70. The van der Waals surface area contributed by atoms with Crippen LogP contribution in [0, 0.1) is 0 Å². The maximum Gasteiger partial charge on any atom is 0.313 e. The monoisotopic (exact) mass is 214 g/mol. The Bertz CT molecular complexity index is 287. The maximum absolute atomic E-state index is 11.1. The number of ether oxygens (including phenoxy) is 1. The van der Waals surface area contributed by atoms with Crippen molar-refractivity contribution in [2.45, 2.75) is 12.5 Å². The number of aliphatic hydroxyl groups is 1. The van der Waals surface area contributed by atoms with Gasteiger partial charge in [0.25, 0.3) is 0 Å². The van der Waals surface area contributed by atoms with Gasteiger partial charge in [-0.15, -0.1) is 11.6 Å². The van der Waals surface area contributed by atoms with Crippen molar-refractivity contribution in [1.82, 2.24) is 0 Å². The number of benzene rings is 1. The molecule has 0 aliphatic rings. The zero-order chi connectivity index (χ0) is 10.4. The summed E-state index contributed by atoms with van der Waals surface area (Å²) in [4.78, 5) is 11.1. The summed E-state index contributed by atoms with van der Waals surface area (Å²) in [5, 5.41) is 9.07. The van der Waals surface area contributed by atoms with Crippen molar-refractivity contribution >= 4 is 17.6 Å². The first-order valence-electron chi connectivity index (χ1n) is 4.22. The standard InChI is InChI=1S/C10H11ClO3/c11-7-8(12)6-10(13)14-9-4-2-1-3-5-9/h1-5,8,12H,6-7H2. The Labute approximate surface area is 87.3 Å². The Morgan fingerprint density at radius 1 is 1.43 bits per heavy atom. The molecule has 4 heteroatoms. The van der Waals surface area contributed by atoms with Crippen LogP contribution in [-0.2, 0) is 4.79 Å². The third-order valence-corrected chi connectivity index (χ3v) is 1.91. The van der Waals surface area contributed by atoms with Crippen molar-refractivity contribution in [3.8, 4) is 5.75 Å². The lowest BCUT2D eigenvalue weighted by atomic mass is 10.3. The molecule has 0 aliphatic carbocycles. The largest absolute Gasteiger partial charge is 0.426 e. The zero-order valence-corrected chi connectivity index (χ0v) is 8.28. The number of rotatable bonds is 4. The first-order chi connectivity index (χ1) is 6.72. The van der Waals surface area contributed by atoms with Crippen molar-refractivity contribution in [3.63, 3.8) is 0 Å². The lowest BCUT2D eigenvalue weighted by Gasteiger charge is -2.06. The number of hydrogen-bond donors (Lipinski definition) is 1. The van der Waals surface area contributed by atoms with Gasteiger partial charge in [0.15, 0.2) is 0 Å². The highest BCUT2D eigenvalue weighted by molar-refractivity contribution is 6.18. The number of alkyl halides is 1. The number of halogens is 1. The SMILES string of the molecule is O=C(CC(O)CCl)Oc1ccccc1. The quantitative estimate of drug-likeness (QED) is 0.470. The van der Waals surface area contributed by atoms with Crippen molar-refractivity contribution in [2.75, 3.05) is 5.88 Å².